The molecule has 1 rings (SSSR count). The van der Waals surface area contributed by atoms with Gasteiger partial charge in [0, 0.05) is 6.54 Å². The average Bonchev–Trinajstić information content (AvgIpc) is 2.21. The molecule has 0 aliphatic rings. The van der Waals surface area contributed by atoms with Crippen LogP contribution in [-0.2, 0) is 0 Å². The van der Waals surface area contributed by atoms with E-state index in [0.717, 1.165) is 6.07 Å². The van der Waals surface area contributed by atoms with Gasteiger partial charge in [-0.15, -0.1) is 0 Å². The van der Waals surface area contributed by atoms with Gasteiger partial charge in [-0.3, -0.25) is 0 Å². The quantitative estimate of drug-likeness (QED) is 0.786. The molecule has 0 radical (unpaired) electrons. The molecule has 15 heavy (non-hydrogen) atoms. The first-order valence-electron chi connectivity index (χ1n) is 4.12. The zero-order chi connectivity index (χ0) is 11.6. The second-order valence-electron chi connectivity index (χ2n) is 2.85. The molecule has 1 aromatic rings. The second kappa shape index (κ2) is 4.74. The Hall–Kier alpha value is -0.910. The van der Waals surface area contributed by atoms with Gasteiger partial charge in [0.25, 0.3) is 0 Å². The van der Waals surface area contributed by atoms with Gasteiger partial charge in [-0.1, -0.05) is 11.6 Å². The number of benzene rings is 1. The van der Waals surface area contributed by atoms with Crippen LogP contribution in [0.1, 0.15) is 11.7 Å². The highest BCUT2D eigenvalue weighted by atomic mass is 35.5. The van der Waals surface area contributed by atoms with E-state index in [1.807, 2.05) is 0 Å². The van der Waals surface area contributed by atoms with E-state index in [9.17, 15) is 13.9 Å². The van der Waals surface area contributed by atoms with Gasteiger partial charge < -0.3 is 15.6 Å². The minimum Gasteiger partial charge on any atom is -0.493 e. The summed E-state index contributed by atoms with van der Waals surface area (Å²) in [6.45, 7) is -0.257. The zero-order valence-corrected chi connectivity index (χ0v) is 8.68. The highest BCUT2D eigenvalue weighted by Crippen LogP contribution is 2.34. The Bertz CT molecular complexity index is 374. The molecule has 1 aromatic carbocycles. The van der Waals surface area contributed by atoms with Crippen LogP contribution in [0.25, 0.3) is 0 Å². The Balaban J connectivity index is 3.43. The Labute approximate surface area is 90.4 Å². The lowest BCUT2D eigenvalue weighted by Gasteiger charge is -2.15. The SMILES string of the molecule is COc1c(F)cc(Cl)c(F)c1C(O)CN. The third-order valence-corrected chi connectivity index (χ3v) is 2.20. The van der Waals surface area contributed by atoms with Crippen LogP contribution in [-0.4, -0.2) is 18.8 Å². The number of hydrogen-bond donors (Lipinski definition) is 2. The summed E-state index contributed by atoms with van der Waals surface area (Å²) in [6.07, 6.45) is -1.35. The van der Waals surface area contributed by atoms with Crippen molar-refractivity contribution in [3.63, 3.8) is 0 Å². The molecule has 0 saturated carbocycles. The third kappa shape index (κ3) is 2.19. The van der Waals surface area contributed by atoms with Crippen molar-refractivity contribution in [1.82, 2.24) is 0 Å². The van der Waals surface area contributed by atoms with Gasteiger partial charge in [0.2, 0.25) is 0 Å². The molecule has 1 unspecified atom stereocenters. The maximum absolute atomic E-state index is 13.5. The fraction of sp³-hybridized carbons (Fsp3) is 0.333. The summed E-state index contributed by atoms with van der Waals surface area (Å²) in [6, 6.07) is 0.780. The van der Waals surface area contributed by atoms with Crippen molar-refractivity contribution >= 4 is 11.6 Å². The maximum atomic E-state index is 13.5. The predicted molar refractivity (Wildman–Crippen MR) is 51.9 cm³/mol. The fourth-order valence-corrected chi connectivity index (χ4v) is 1.42. The largest absolute Gasteiger partial charge is 0.493 e. The van der Waals surface area contributed by atoms with Gasteiger partial charge in [-0.05, 0) is 6.07 Å². The van der Waals surface area contributed by atoms with E-state index in [0.29, 0.717) is 0 Å². The topological polar surface area (TPSA) is 55.5 Å². The number of hydrogen-bond acceptors (Lipinski definition) is 3. The second-order valence-corrected chi connectivity index (χ2v) is 3.26. The van der Waals surface area contributed by atoms with Gasteiger partial charge in [0.1, 0.15) is 0 Å². The van der Waals surface area contributed by atoms with Crippen LogP contribution in [0.5, 0.6) is 5.75 Å². The summed E-state index contributed by atoms with van der Waals surface area (Å²) in [5, 5.41) is 8.98. The highest BCUT2D eigenvalue weighted by molar-refractivity contribution is 6.30. The lowest BCUT2D eigenvalue weighted by atomic mass is 10.1. The number of ether oxygens (including phenoxy) is 1. The summed E-state index contributed by atoms with van der Waals surface area (Å²) in [5.74, 6) is -2.14. The van der Waals surface area contributed by atoms with Crippen LogP contribution in [0, 0.1) is 11.6 Å². The van der Waals surface area contributed by atoms with Crippen LogP contribution in [0.3, 0.4) is 0 Å². The molecule has 84 valence electrons. The van der Waals surface area contributed by atoms with Crippen LogP contribution in [0.2, 0.25) is 5.02 Å². The van der Waals surface area contributed by atoms with E-state index in [-0.39, 0.29) is 17.9 Å². The van der Waals surface area contributed by atoms with Crippen molar-refractivity contribution in [3.8, 4) is 5.75 Å². The first-order chi connectivity index (χ1) is 7.02. The lowest BCUT2D eigenvalue weighted by Crippen LogP contribution is -2.15. The van der Waals surface area contributed by atoms with E-state index in [1.165, 1.54) is 7.11 Å². The van der Waals surface area contributed by atoms with Crippen molar-refractivity contribution in [2.75, 3.05) is 13.7 Å². The maximum Gasteiger partial charge on any atom is 0.167 e. The molecular weight excluding hydrogens is 228 g/mol. The molecule has 0 amide bonds. The molecule has 0 heterocycles. The van der Waals surface area contributed by atoms with Gasteiger partial charge in [-0.25, -0.2) is 8.78 Å². The number of nitrogens with two attached hydrogens (primary N) is 1. The van der Waals surface area contributed by atoms with Gasteiger partial charge in [-0.2, -0.15) is 0 Å². The van der Waals surface area contributed by atoms with Crippen LogP contribution < -0.4 is 10.5 Å². The van der Waals surface area contributed by atoms with Gasteiger partial charge >= 0.3 is 0 Å². The minimum absolute atomic E-state index is 0.257. The number of aliphatic hydroxyl groups excluding tert-OH is 1. The predicted octanol–water partition coefficient (Wildman–Crippen LogP) is 1.62. The normalized spacial score (nSPS) is 12.7. The molecule has 3 nitrogen and oxygen atoms in total. The van der Waals surface area contributed by atoms with E-state index in [4.69, 9.17) is 17.3 Å². The monoisotopic (exact) mass is 237 g/mol. The average molecular weight is 238 g/mol. The Morgan fingerprint density at radius 1 is 1.60 bits per heavy atom. The third-order valence-electron chi connectivity index (χ3n) is 1.92. The van der Waals surface area contributed by atoms with E-state index in [1.54, 1.807) is 0 Å². The van der Waals surface area contributed by atoms with Crippen LogP contribution >= 0.6 is 11.6 Å². The summed E-state index contributed by atoms with van der Waals surface area (Å²) < 4.78 is 31.4. The summed E-state index contributed by atoms with van der Waals surface area (Å²) in [5.41, 5.74) is 4.80. The lowest BCUT2D eigenvalue weighted by molar-refractivity contribution is 0.175. The zero-order valence-electron chi connectivity index (χ0n) is 7.93. The van der Waals surface area contributed by atoms with Crippen molar-refractivity contribution in [1.29, 1.82) is 0 Å². The first kappa shape index (κ1) is 12.2. The van der Waals surface area contributed by atoms with Crippen molar-refractivity contribution in [3.05, 3.63) is 28.3 Å². The molecule has 0 bridgehead atoms. The number of halogens is 3. The number of aliphatic hydroxyl groups is 1. The van der Waals surface area contributed by atoms with Crippen LogP contribution in [0.15, 0.2) is 6.07 Å². The smallest absolute Gasteiger partial charge is 0.167 e. The molecule has 1 atom stereocenters. The summed E-state index contributed by atoms with van der Waals surface area (Å²) >= 11 is 5.43. The van der Waals surface area contributed by atoms with Gasteiger partial charge in [0.15, 0.2) is 17.4 Å². The molecule has 0 saturated heterocycles. The summed E-state index contributed by atoms with van der Waals surface area (Å²) in [4.78, 5) is 0. The molecule has 0 fully saturated rings. The first-order valence-corrected chi connectivity index (χ1v) is 4.50. The standard InChI is InChI=1S/C9H10ClF2NO2/c1-15-9-5(11)2-4(10)8(12)7(9)6(14)3-13/h2,6,14H,3,13H2,1H3. The Morgan fingerprint density at radius 3 is 2.67 bits per heavy atom. The highest BCUT2D eigenvalue weighted by Gasteiger charge is 2.23. The van der Waals surface area contributed by atoms with E-state index in [2.05, 4.69) is 4.74 Å². The van der Waals surface area contributed by atoms with Crippen molar-refractivity contribution in [2.45, 2.75) is 6.10 Å². The molecular formula is C9H10ClF2NO2. The van der Waals surface area contributed by atoms with E-state index >= 15 is 0 Å². The van der Waals surface area contributed by atoms with E-state index < -0.39 is 22.8 Å². The summed E-state index contributed by atoms with van der Waals surface area (Å²) in [7, 11) is 1.17. The number of methoxy groups -OCH3 is 1. The molecule has 0 aromatic heterocycles. The van der Waals surface area contributed by atoms with Crippen molar-refractivity contribution in [2.24, 2.45) is 5.73 Å². The van der Waals surface area contributed by atoms with Crippen LogP contribution in [0.4, 0.5) is 8.78 Å². The molecule has 0 aliphatic heterocycles. The minimum atomic E-state index is -1.35. The Morgan fingerprint density at radius 2 is 2.20 bits per heavy atom. The molecule has 0 spiro atoms. The number of rotatable bonds is 3. The van der Waals surface area contributed by atoms with Gasteiger partial charge in [0.05, 0.1) is 23.8 Å². The molecule has 0 aliphatic carbocycles. The molecule has 6 heteroatoms. The van der Waals surface area contributed by atoms with Crippen molar-refractivity contribution < 1.29 is 18.6 Å². The molecule has 3 N–H and O–H groups in total. The Kier molecular flexibility index (Phi) is 3.84. The fourth-order valence-electron chi connectivity index (χ4n) is 1.22.